The normalized spacial score (nSPS) is 10.6. The van der Waals surface area contributed by atoms with Crippen LogP contribution in [0.1, 0.15) is 0 Å². The predicted octanol–water partition coefficient (Wildman–Crippen LogP) is 4.07. The molecule has 0 aliphatic heterocycles. The van der Waals surface area contributed by atoms with E-state index in [0.29, 0.717) is 11.3 Å². The summed E-state index contributed by atoms with van der Waals surface area (Å²) in [5.74, 6) is -1.90. The number of aryl methyl sites for hydroxylation is 1. The Morgan fingerprint density at radius 1 is 1.08 bits per heavy atom. The van der Waals surface area contributed by atoms with E-state index in [0.717, 1.165) is 12.1 Å². The van der Waals surface area contributed by atoms with Crippen molar-refractivity contribution in [1.82, 2.24) is 9.78 Å². The van der Waals surface area contributed by atoms with Gasteiger partial charge in [0.05, 0.1) is 22.2 Å². The standard InChI is InChI=1S/C16H11F2N3O3/c1-20-7-6-15(19-20)12-4-2-11(9-16(12)21(22)23)24-10-3-5-13(17)14(18)8-10/h2-9H,1H3. The Morgan fingerprint density at radius 2 is 1.79 bits per heavy atom. The van der Waals surface area contributed by atoms with E-state index in [1.165, 1.54) is 28.9 Å². The maximum absolute atomic E-state index is 13.2. The van der Waals surface area contributed by atoms with Crippen LogP contribution in [-0.4, -0.2) is 14.7 Å². The van der Waals surface area contributed by atoms with E-state index in [4.69, 9.17) is 4.74 Å². The van der Waals surface area contributed by atoms with E-state index in [9.17, 15) is 18.9 Å². The monoisotopic (exact) mass is 331 g/mol. The highest BCUT2D eigenvalue weighted by molar-refractivity contribution is 5.71. The molecule has 2 aromatic carbocycles. The van der Waals surface area contributed by atoms with Crippen LogP contribution in [0.3, 0.4) is 0 Å². The van der Waals surface area contributed by atoms with Gasteiger partial charge < -0.3 is 4.74 Å². The second kappa shape index (κ2) is 6.07. The molecule has 0 atom stereocenters. The number of nitro groups is 1. The van der Waals surface area contributed by atoms with Gasteiger partial charge in [-0.15, -0.1) is 0 Å². The highest BCUT2D eigenvalue weighted by Crippen LogP contribution is 2.34. The topological polar surface area (TPSA) is 70.2 Å². The molecule has 122 valence electrons. The molecule has 8 heteroatoms. The Labute approximate surface area is 135 Å². The van der Waals surface area contributed by atoms with Crippen LogP contribution in [0.15, 0.2) is 48.7 Å². The Kier molecular flexibility index (Phi) is 3.95. The van der Waals surface area contributed by atoms with Gasteiger partial charge in [0.25, 0.3) is 5.69 Å². The lowest BCUT2D eigenvalue weighted by Crippen LogP contribution is -1.95. The second-order valence-electron chi connectivity index (χ2n) is 4.99. The zero-order valence-corrected chi connectivity index (χ0v) is 12.4. The van der Waals surface area contributed by atoms with E-state index in [2.05, 4.69) is 5.10 Å². The highest BCUT2D eigenvalue weighted by atomic mass is 19.2. The lowest BCUT2D eigenvalue weighted by atomic mass is 10.1. The molecule has 3 aromatic rings. The van der Waals surface area contributed by atoms with Crippen LogP contribution in [0.2, 0.25) is 0 Å². The first-order valence-electron chi connectivity index (χ1n) is 6.85. The molecular weight excluding hydrogens is 320 g/mol. The van der Waals surface area contributed by atoms with Crippen LogP contribution >= 0.6 is 0 Å². The fourth-order valence-corrected chi connectivity index (χ4v) is 2.18. The molecule has 0 bridgehead atoms. The summed E-state index contributed by atoms with van der Waals surface area (Å²) in [5.41, 5.74) is 0.579. The third-order valence-electron chi connectivity index (χ3n) is 3.28. The van der Waals surface area contributed by atoms with Gasteiger partial charge in [-0.25, -0.2) is 8.78 Å². The van der Waals surface area contributed by atoms with Gasteiger partial charge in [-0.1, -0.05) is 0 Å². The van der Waals surface area contributed by atoms with Crippen molar-refractivity contribution in [3.63, 3.8) is 0 Å². The van der Waals surface area contributed by atoms with Crippen molar-refractivity contribution in [2.45, 2.75) is 0 Å². The Bertz CT molecular complexity index is 925. The van der Waals surface area contributed by atoms with Crippen molar-refractivity contribution in [2.24, 2.45) is 7.05 Å². The van der Waals surface area contributed by atoms with Crippen molar-refractivity contribution in [2.75, 3.05) is 0 Å². The quantitative estimate of drug-likeness (QED) is 0.534. The number of rotatable bonds is 4. The van der Waals surface area contributed by atoms with Crippen LogP contribution in [0.5, 0.6) is 11.5 Å². The summed E-state index contributed by atoms with van der Waals surface area (Å²) < 4.78 is 33.0. The Balaban J connectivity index is 1.97. The fraction of sp³-hybridized carbons (Fsp3) is 0.0625. The molecular formula is C16H11F2N3O3. The molecule has 0 amide bonds. The summed E-state index contributed by atoms with van der Waals surface area (Å²) in [7, 11) is 1.70. The molecule has 24 heavy (non-hydrogen) atoms. The Hall–Kier alpha value is -3.29. The van der Waals surface area contributed by atoms with E-state index in [1.807, 2.05) is 0 Å². The molecule has 6 nitrogen and oxygen atoms in total. The maximum atomic E-state index is 13.2. The van der Waals surface area contributed by atoms with E-state index in [1.54, 1.807) is 19.3 Å². The number of ether oxygens (including phenoxy) is 1. The van der Waals surface area contributed by atoms with Gasteiger partial charge in [-0.05, 0) is 30.3 Å². The number of nitro benzene ring substituents is 1. The molecule has 0 spiro atoms. The molecule has 0 saturated carbocycles. The first-order valence-corrected chi connectivity index (χ1v) is 6.85. The summed E-state index contributed by atoms with van der Waals surface area (Å²) in [6.07, 6.45) is 1.67. The average molecular weight is 331 g/mol. The molecule has 0 fully saturated rings. The molecule has 1 heterocycles. The SMILES string of the molecule is Cn1ccc(-c2ccc(Oc3ccc(F)c(F)c3)cc2[N+](=O)[O-])n1. The lowest BCUT2D eigenvalue weighted by molar-refractivity contribution is -0.384. The third-order valence-corrected chi connectivity index (χ3v) is 3.28. The van der Waals surface area contributed by atoms with Gasteiger partial charge in [0.15, 0.2) is 11.6 Å². The largest absolute Gasteiger partial charge is 0.457 e. The second-order valence-corrected chi connectivity index (χ2v) is 4.99. The van der Waals surface area contributed by atoms with Crippen molar-refractivity contribution in [1.29, 1.82) is 0 Å². The first-order chi connectivity index (χ1) is 11.4. The van der Waals surface area contributed by atoms with Gasteiger partial charge in [0.2, 0.25) is 0 Å². The predicted molar refractivity (Wildman–Crippen MR) is 81.7 cm³/mol. The summed E-state index contributed by atoms with van der Waals surface area (Å²) >= 11 is 0. The molecule has 3 rings (SSSR count). The van der Waals surface area contributed by atoms with Crippen molar-refractivity contribution in [3.05, 3.63) is 70.4 Å². The number of nitrogens with zero attached hydrogens (tertiary/aromatic N) is 3. The van der Waals surface area contributed by atoms with Gasteiger partial charge in [0, 0.05) is 19.3 Å². The van der Waals surface area contributed by atoms with Crippen LogP contribution in [0.4, 0.5) is 14.5 Å². The van der Waals surface area contributed by atoms with Gasteiger partial charge in [-0.3, -0.25) is 14.8 Å². The number of hydrogen-bond donors (Lipinski definition) is 0. The summed E-state index contributed by atoms with van der Waals surface area (Å²) in [6.45, 7) is 0. The average Bonchev–Trinajstić information content (AvgIpc) is 2.97. The Morgan fingerprint density at radius 3 is 2.42 bits per heavy atom. The van der Waals surface area contributed by atoms with Crippen molar-refractivity contribution >= 4 is 5.69 Å². The molecule has 0 N–H and O–H groups in total. The van der Waals surface area contributed by atoms with Crippen LogP contribution in [0.25, 0.3) is 11.3 Å². The molecule has 0 unspecified atom stereocenters. The zero-order chi connectivity index (χ0) is 17.3. The van der Waals surface area contributed by atoms with E-state index >= 15 is 0 Å². The summed E-state index contributed by atoms with van der Waals surface area (Å²) in [6, 6.07) is 8.88. The van der Waals surface area contributed by atoms with Crippen LogP contribution in [-0.2, 0) is 7.05 Å². The van der Waals surface area contributed by atoms with Crippen molar-refractivity contribution in [3.8, 4) is 22.8 Å². The zero-order valence-electron chi connectivity index (χ0n) is 12.4. The minimum absolute atomic E-state index is 0.0359. The third kappa shape index (κ3) is 3.07. The fourth-order valence-electron chi connectivity index (χ4n) is 2.18. The molecule has 0 saturated heterocycles. The maximum Gasteiger partial charge on any atom is 0.282 e. The van der Waals surface area contributed by atoms with Crippen LogP contribution in [0, 0.1) is 21.7 Å². The molecule has 0 aliphatic rings. The van der Waals surface area contributed by atoms with Gasteiger partial charge in [0.1, 0.15) is 11.5 Å². The molecule has 0 radical (unpaired) electrons. The lowest BCUT2D eigenvalue weighted by Gasteiger charge is -2.07. The summed E-state index contributed by atoms with van der Waals surface area (Å²) in [5, 5.41) is 15.5. The van der Waals surface area contributed by atoms with Gasteiger partial charge >= 0.3 is 0 Å². The van der Waals surface area contributed by atoms with Crippen LogP contribution < -0.4 is 4.74 Å². The number of hydrogen-bond acceptors (Lipinski definition) is 4. The van der Waals surface area contributed by atoms with Gasteiger partial charge in [-0.2, -0.15) is 5.10 Å². The number of halogens is 2. The first kappa shape index (κ1) is 15.6. The summed E-state index contributed by atoms with van der Waals surface area (Å²) in [4.78, 5) is 10.8. The van der Waals surface area contributed by atoms with E-state index < -0.39 is 16.6 Å². The minimum Gasteiger partial charge on any atom is -0.457 e. The number of benzene rings is 2. The highest BCUT2D eigenvalue weighted by Gasteiger charge is 2.19. The number of aromatic nitrogens is 2. The smallest absolute Gasteiger partial charge is 0.282 e. The van der Waals surface area contributed by atoms with E-state index in [-0.39, 0.29) is 17.2 Å². The minimum atomic E-state index is -1.06. The molecule has 0 aliphatic carbocycles. The van der Waals surface area contributed by atoms with Crippen molar-refractivity contribution < 1.29 is 18.4 Å². The molecule has 1 aromatic heterocycles.